The summed E-state index contributed by atoms with van der Waals surface area (Å²) >= 11 is 0. The number of fused-ring (bicyclic) bond motifs is 1. The lowest BCUT2D eigenvalue weighted by Gasteiger charge is -2.35. The molecule has 1 N–H and O–H groups in total. The molecule has 0 radical (unpaired) electrons. The summed E-state index contributed by atoms with van der Waals surface area (Å²) in [6, 6.07) is 9.09. The summed E-state index contributed by atoms with van der Waals surface area (Å²) in [5.74, 6) is 5.53. The second-order valence-electron chi connectivity index (χ2n) is 8.92. The number of methoxy groups -OCH3 is 1. The van der Waals surface area contributed by atoms with Crippen molar-refractivity contribution in [3.05, 3.63) is 60.0 Å². The SMILES string of the molecule is COc1ccc2nccc(C(F)CC[C@@H]3CCN(CC#Cc4ccn(C)c4)C[C@@H]3C(=O)O)c2c1. The summed E-state index contributed by atoms with van der Waals surface area (Å²) in [6.07, 6.45) is 5.84. The van der Waals surface area contributed by atoms with Crippen molar-refractivity contribution < 1.29 is 19.0 Å². The van der Waals surface area contributed by atoms with Crippen LogP contribution in [0.3, 0.4) is 0 Å². The Hall–Kier alpha value is -3.37. The number of aryl methyl sites for hydroxylation is 1. The van der Waals surface area contributed by atoms with Crippen LogP contribution in [0.25, 0.3) is 10.9 Å². The number of alkyl halides is 1. The van der Waals surface area contributed by atoms with Gasteiger partial charge in [0.1, 0.15) is 11.9 Å². The topological polar surface area (TPSA) is 67.6 Å². The molecule has 3 heterocycles. The Morgan fingerprint density at radius 2 is 2.21 bits per heavy atom. The van der Waals surface area contributed by atoms with E-state index in [-0.39, 0.29) is 12.3 Å². The molecule has 1 aliphatic rings. The normalized spacial score (nSPS) is 19.4. The third kappa shape index (κ3) is 5.57. The molecule has 1 unspecified atom stereocenters. The predicted molar refractivity (Wildman–Crippen MR) is 129 cm³/mol. The number of rotatable bonds is 7. The van der Waals surface area contributed by atoms with Gasteiger partial charge in [0.05, 0.1) is 25.1 Å². The van der Waals surface area contributed by atoms with Crippen molar-refractivity contribution in [2.24, 2.45) is 18.9 Å². The van der Waals surface area contributed by atoms with Crippen LogP contribution >= 0.6 is 0 Å². The maximum absolute atomic E-state index is 15.3. The van der Waals surface area contributed by atoms with Crippen LogP contribution in [0.4, 0.5) is 4.39 Å². The second kappa shape index (κ2) is 10.7. The fourth-order valence-corrected chi connectivity index (χ4v) is 4.73. The molecule has 6 nitrogen and oxygen atoms in total. The highest BCUT2D eigenvalue weighted by molar-refractivity contribution is 5.83. The van der Waals surface area contributed by atoms with E-state index in [4.69, 9.17) is 4.74 Å². The lowest BCUT2D eigenvalue weighted by molar-refractivity contribution is -0.146. The number of likely N-dealkylation sites (tertiary alicyclic amines) is 1. The van der Waals surface area contributed by atoms with Gasteiger partial charge in [0, 0.05) is 43.1 Å². The zero-order chi connectivity index (χ0) is 24.1. The van der Waals surface area contributed by atoms with Crippen molar-refractivity contribution in [3.8, 4) is 17.6 Å². The highest BCUT2D eigenvalue weighted by Crippen LogP contribution is 2.35. The molecule has 2 aromatic heterocycles. The minimum absolute atomic E-state index is 0.0586. The lowest BCUT2D eigenvalue weighted by Crippen LogP contribution is -2.44. The number of hydrogen-bond donors (Lipinski definition) is 1. The minimum Gasteiger partial charge on any atom is -0.497 e. The Bertz CT molecular complexity index is 1210. The van der Waals surface area contributed by atoms with E-state index in [9.17, 15) is 9.90 Å². The maximum atomic E-state index is 15.3. The van der Waals surface area contributed by atoms with Crippen molar-refractivity contribution in [3.63, 3.8) is 0 Å². The number of piperidine rings is 1. The van der Waals surface area contributed by atoms with Gasteiger partial charge in [-0.1, -0.05) is 11.8 Å². The highest BCUT2D eigenvalue weighted by Gasteiger charge is 2.34. The van der Waals surface area contributed by atoms with Gasteiger partial charge in [-0.2, -0.15) is 0 Å². The molecular weight excluding hydrogens is 433 g/mol. The van der Waals surface area contributed by atoms with Gasteiger partial charge in [-0.3, -0.25) is 14.7 Å². The quantitative estimate of drug-likeness (QED) is 0.525. The van der Waals surface area contributed by atoms with Gasteiger partial charge in [-0.25, -0.2) is 4.39 Å². The monoisotopic (exact) mass is 463 g/mol. The Labute approximate surface area is 199 Å². The van der Waals surface area contributed by atoms with E-state index in [1.54, 1.807) is 25.4 Å². The second-order valence-corrected chi connectivity index (χ2v) is 8.92. The molecule has 1 aromatic carbocycles. The van der Waals surface area contributed by atoms with Crippen LogP contribution in [0, 0.1) is 23.7 Å². The van der Waals surface area contributed by atoms with Gasteiger partial charge in [0.25, 0.3) is 0 Å². The smallest absolute Gasteiger partial charge is 0.308 e. The average Bonchev–Trinajstić information content (AvgIpc) is 3.26. The number of aromatic nitrogens is 2. The van der Waals surface area contributed by atoms with E-state index < -0.39 is 18.1 Å². The van der Waals surface area contributed by atoms with Crippen LogP contribution in [0.2, 0.25) is 0 Å². The van der Waals surface area contributed by atoms with Gasteiger partial charge >= 0.3 is 5.97 Å². The number of carboxylic acids is 1. The molecule has 1 aliphatic heterocycles. The van der Waals surface area contributed by atoms with Crippen LogP contribution in [-0.4, -0.2) is 52.3 Å². The van der Waals surface area contributed by atoms with Gasteiger partial charge in [-0.15, -0.1) is 0 Å². The molecule has 1 saturated heterocycles. The average molecular weight is 464 g/mol. The van der Waals surface area contributed by atoms with Crippen LogP contribution in [0.5, 0.6) is 5.75 Å². The first kappa shape index (κ1) is 23.8. The van der Waals surface area contributed by atoms with Crippen molar-refractivity contribution in [1.29, 1.82) is 0 Å². The van der Waals surface area contributed by atoms with E-state index in [0.717, 1.165) is 23.9 Å². The number of ether oxygens (including phenoxy) is 1. The molecule has 3 atom stereocenters. The molecule has 34 heavy (non-hydrogen) atoms. The molecule has 3 aromatic rings. The summed E-state index contributed by atoms with van der Waals surface area (Å²) < 4.78 is 22.6. The molecule has 4 rings (SSSR count). The fourth-order valence-electron chi connectivity index (χ4n) is 4.73. The zero-order valence-electron chi connectivity index (χ0n) is 19.6. The standard InChI is InChI=1S/C27H30FN3O3/c1-30-14-10-19(17-30)4-3-13-31-15-11-20(24(18-31)27(32)33)5-7-25(28)22-9-12-29-26-8-6-21(34-2)16-23(22)26/h6,8-10,12,14,16-17,20,24-25H,5,7,11,13,15,18H2,1-2H3,(H,32,33)/t20-,24+,25?/m1/s1. The number of pyridine rings is 1. The molecule has 0 amide bonds. The number of halogens is 1. The molecular formula is C27H30FN3O3. The Balaban J connectivity index is 1.38. The predicted octanol–water partition coefficient (Wildman–Crippen LogP) is 4.45. The van der Waals surface area contributed by atoms with E-state index in [1.807, 2.05) is 42.2 Å². The summed E-state index contributed by atoms with van der Waals surface area (Å²) in [6.45, 7) is 1.74. The first-order chi connectivity index (χ1) is 16.4. The van der Waals surface area contributed by atoms with Crippen molar-refractivity contribution in [1.82, 2.24) is 14.5 Å². The van der Waals surface area contributed by atoms with Crippen molar-refractivity contribution in [2.45, 2.75) is 25.4 Å². The van der Waals surface area contributed by atoms with E-state index in [1.165, 1.54) is 0 Å². The molecule has 0 bridgehead atoms. The first-order valence-corrected chi connectivity index (χ1v) is 11.6. The van der Waals surface area contributed by atoms with Crippen LogP contribution in [0.15, 0.2) is 48.9 Å². The summed E-state index contributed by atoms with van der Waals surface area (Å²) in [5, 5.41) is 10.6. The van der Waals surface area contributed by atoms with Gasteiger partial charge in [-0.05, 0) is 67.6 Å². The zero-order valence-corrected chi connectivity index (χ0v) is 19.6. The van der Waals surface area contributed by atoms with Crippen molar-refractivity contribution >= 4 is 16.9 Å². The Morgan fingerprint density at radius 1 is 1.35 bits per heavy atom. The number of hydrogen-bond acceptors (Lipinski definition) is 4. The highest BCUT2D eigenvalue weighted by atomic mass is 19.1. The molecule has 178 valence electrons. The third-order valence-electron chi connectivity index (χ3n) is 6.64. The largest absolute Gasteiger partial charge is 0.497 e. The van der Waals surface area contributed by atoms with E-state index in [0.29, 0.717) is 36.3 Å². The molecule has 0 spiro atoms. The summed E-state index contributed by atoms with van der Waals surface area (Å²) in [5.41, 5.74) is 2.24. The maximum Gasteiger partial charge on any atom is 0.308 e. The molecule has 0 aliphatic carbocycles. The summed E-state index contributed by atoms with van der Waals surface area (Å²) in [4.78, 5) is 18.4. The van der Waals surface area contributed by atoms with Crippen LogP contribution in [0.1, 0.15) is 36.6 Å². The van der Waals surface area contributed by atoms with Crippen molar-refractivity contribution in [2.75, 3.05) is 26.7 Å². The number of aliphatic carboxylic acids is 1. The molecule has 1 fully saturated rings. The lowest BCUT2D eigenvalue weighted by atomic mass is 9.81. The fraction of sp³-hybridized carbons (Fsp3) is 0.407. The van der Waals surface area contributed by atoms with E-state index >= 15 is 4.39 Å². The van der Waals surface area contributed by atoms with Crippen LogP contribution in [-0.2, 0) is 11.8 Å². The minimum atomic E-state index is -1.19. The third-order valence-corrected chi connectivity index (χ3v) is 6.64. The van der Waals surface area contributed by atoms with Gasteiger partial charge in [0.15, 0.2) is 0 Å². The Morgan fingerprint density at radius 3 is 2.94 bits per heavy atom. The van der Waals surface area contributed by atoms with Crippen LogP contribution < -0.4 is 4.74 Å². The van der Waals surface area contributed by atoms with Gasteiger partial charge < -0.3 is 14.4 Å². The number of carboxylic acid groups (broad SMARTS) is 1. The summed E-state index contributed by atoms with van der Waals surface area (Å²) in [7, 11) is 3.53. The first-order valence-electron chi connectivity index (χ1n) is 11.6. The number of benzene rings is 1. The van der Waals surface area contributed by atoms with Gasteiger partial charge in [0.2, 0.25) is 0 Å². The molecule has 7 heteroatoms. The molecule has 0 saturated carbocycles. The number of nitrogens with zero attached hydrogens (tertiary/aromatic N) is 3. The number of carbonyl (C=O) groups is 1. The van der Waals surface area contributed by atoms with E-state index in [2.05, 4.69) is 21.7 Å². The Kier molecular flexibility index (Phi) is 7.49.